The van der Waals surface area contributed by atoms with E-state index in [1.807, 2.05) is 29.3 Å². The van der Waals surface area contributed by atoms with Crippen molar-refractivity contribution in [2.45, 2.75) is 12.8 Å². The van der Waals surface area contributed by atoms with Crippen LogP contribution in [0, 0.1) is 5.92 Å². The molecule has 2 fully saturated rings. The van der Waals surface area contributed by atoms with Crippen molar-refractivity contribution in [3.05, 3.63) is 36.0 Å². The lowest BCUT2D eigenvalue weighted by Gasteiger charge is -2.31. The lowest BCUT2D eigenvalue weighted by molar-refractivity contribution is -0.142. The molecule has 0 bridgehead atoms. The SMILES string of the molecule is O=C(CCc1c[nH]c2ccccc12)N1CCOCC(C(=O)N2CCOCC2)C1. The van der Waals surface area contributed by atoms with Crippen molar-refractivity contribution in [3.63, 3.8) is 0 Å². The van der Waals surface area contributed by atoms with Crippen molar-refractivity contribution in [3.8, 4) is 0 Å². The summed E-state index contributed by atoms with van der Waals surface area (Å²) in [5.74, 6) is -0.146. The number of hydrogen-bond donors (Lipinski definition) is 1. The first-order chi connectivity index (χ1) is 13.7. The van der Waals surface area contributed by atoms with E-state index < -0.39 is 0 Å². The zero-order chi connectivity index (χ0) is 19.3. The Hall–Kier alpha value is -2.38. The van der Waals surface area contributed by atoms with Gasteiger partial charge in [0.2, 0.25) is 11.8 Å². The quantitative estimate of drug-likeness (QED) is 0.864. The highest BCUT2D eigenvalue weighted by molar-refractivity contribution is 5.84. The van der Waals surface area contributed by atoms with Crippen molar-refractivity contribution in [2.24, 2.45) is 5.92 Å². The molecule has 2 aliphatic heterocycles. The Balaban J connectivity index is 1.36. The summed E-state index contributed by atoms with van der Waals surface area (Å²) in [6, 6.07) is 8.11. The standard InChI is InChI=1S/C21H27N3O4/c25-20(6-5-16-13-22-19-4-2-1-3-18(16)19)24-9-12-28-15-17(14-24)21(26)23-7-10-27-11-8-23/h1-4,13,17,22H,5-12,14-15H2. The van der Waals surface area contributed by atoms with Gasteiger partial charge in [-0.2, -0.15) is 0 Å². The van der Waals surface area contributed by atoms with Gasteiger partial charge in [0.05, 0.1) is 32.3 Å². The van der Waals surface area contributed by atoms with Gasteiger partial charge in [0, 0.05) is 49.7 Å². The van der Waals surface area contributed by atoms with Crippen molar-refractivity contribution in [2.75, 3.05) is 52.6 Å². The number of hydrogen-bond acceptors (Lipinski definition) is 4. The van der Waals surface area contributed by atoms with Gasteiger partial charge in [0.1, 0.15) is 0 Å². The average Bonchev–Trinajstić information content (AvgIpc) is 2.99. The number of aryl methyl sites for hydroxylation is 1. The number of morpholine rings is 1. The molecule has 7 heteroatoms. The van der Waals surface area contributed by atoms with Crippen LogP contribution in [0.5, 0.6) is 0 Å². The fourth-order valence-corrected chi connectivity index (χ4v) is 3.97. The summed E-state index contributed by atoms with van der Waals surface area (Å²) in [7, 11) is 0. The fraction of sp³-hybridized carbons (Fsp3) is 0.524. The van der Waals surface area contributed by atoms with Gasteiger partial charge in [-0.15, -0.1) is 0 Å². The first-order valence-corrected chi connectivity index (χ1v) is 9.99. The number of nitrogens with zero attached hydrogens (tertiary/aromatic N) is 2. The van der Waals surface area contributed by atoms with Gasteiger partial charge in [-0.1, -0.05) is 18.2 Å². The third-order valence-corrected chi connectivity index (χ3v) is 5.57. The van der Waals surface area contributed by atoms with Crippen LogP contribution in [0.2, 0.25) is 0 Å². The third-order valence-electron chi connectivity index (χ3n) is 5.57. The Morgan fingerprint density at radius 2 is 1.79 bits per heavy atom. The van der Waals surface area contributed by atoms with Crippen molar-refractivity contribution >= 4 is 22.7 Å². The number of rotatable bonds is 4. The maximum Gasteiger partial charge on any atom is 0.229 e. The molecule has 0 aliphatic carbocycles. The Bertz CT molecular complexity index is 828. The summed E-state index contributed by atoms with van der Waals surface area (Å²) in [6.07, 6.45) is 3.09. The highest BCUT2D eigenvalue weighted by Crippen LogP contribution is 2.20. The maximum absolute atomic E-state index is 12.8. The fourth-order valence-electron chi connectivity index (χ4n) is 3.97. The second-order valence-corrected chi connectivity index (χ2v) is 7.41. The predicted octanol–water partition coefficient (Wildman–Crippen LogP) is 1.43. The highest BCUT2D eigenvalue weighted by Gasteiger charge is 2.31. The molecule has 4 rings (SSSR count). The van der Waals surface area contributed by atoms with E-state index >= 15 is 0 Å². The monoisotopic (exact) mass is 385 g/mol. The number of fused-ring (bicyclic) bond motifs is 1. The molecule has 2 saturated heterocycles. The molecule has 150 valence electrons. The van der Waals surface area contributed by atoms with Gasteiger partial charge in [0.25, 0.3) is 0 Å². The molecule has 3 heterocycles. The van der Waals surface area contributed by atoms with Crippen LogP contribution in [-0.2, 0) is 25.5 Å². The Morgan fingerprint density at radius 3 is 2.64 bits per heavy atom. The Morgan fingerprint density at radius 1 is 1.04 bits per heavy atom. The first-order valence-electron chi connectivity index (χ1n) is 9.99. The predicted molar refractivity (Wildman–Crippen MR) is 105 cm³/mol. The number of aromatic amines is 1. The average molecular weight is 385 g/mol. The number of para-hydroxylation sites is 1. The van der Waals surface area contributed by atoms with E-state index in [1.165, 1.54) is 0 Å². The van der Waals surface area contributed by atoms with E-state index in [9.17, 15) is 9.59 Å². The minimum atomic E-state index is -0.294. The second kappa shape index (κ2) is 8.75. The number of carbonyl (C=O) groups is 2. The third kappa shape index (κ3) is 4.20. The van der Waals surface area contributed by atoms with Crippen LogP contribution in [0.1, 0.15) is 12.0 Å². The van der Waals surface area contributed by atoms with Crippen LogP contribution < -0.4 is 0 Å². The lowest BCUT2D eigenvalue weighted by Crippen LogP contribution is -2.47. The van der Waals surface area contributed by atoms with E-state index in [1.54, 1.807) is 4.90 Å². The molecule has 28 heavy (non-hydrogen) atoms. The van der Waals surface area contributed by atoms with Crippen molar-refractivity contribution in [1.82, 2.24) is 14.8 Å². The molecule has 2 amide bonds. The van der Waals surface area contributed by atoms with Crippen molar-refractivity contribution in [1.29, 1.82) is 0 Å². The molecule has 1 atom stereocenters. The van der Waals surface area contributed by atoms with Gasteiger partial charge < -0.3 is 24.3 Å². The topological polar surface area (TPSA) is 74.9 Å². The molecule has 2 aromatic rings. The zero-order valence-corrected chi connectivity index (χ0v) is 16.1. The molecular formula is C21H27N3O4. The number of ether oxygens (including phenoxy) is 2. The van der Waals surface area contributed by atoms with Crippen LogP contribution in [0.3, 0.4) is 0 Å². The summed E-state index contributed by atoms with van der Waals surface area (Å²) in [5.41, 5.74) is 2.24. The summed E-state index contributed by atoms with van der Waals surface area (Å²) >= 11 is 0. The molecule has 0 spiro atoms. The smallest absolute Gasteiger partial charge is 0.229 e. The molecule has 1 N–H and O–H groups in total. The summed E-state index contributed by atoms with van der Waals surface area (Å²) in [5, 5.41) is 1.16. The maximum atomic E-state index is 12.8. The van der Waals surface area contributed by atoms with E-state index in [2.05, 4.69) is 11.1 Å². The zero-order valence-electron chi connectivity index (χ0n) is 16.1. The molecule has 7 nitrogen and oxygen atoms in total. The number of H-pyrrole nitrogens is 1. The Labute approximate surface area is 164 Å². The number of carbonyl (C=O) groups excluding carboxylic acids is 2. The summed E-state index contributed by atoms with van der Waals surface area (Å²) < 4.78 is 11.0. The molecule has 1 aromatic heterocycles. The van der Waals surface area contributed by atoms with Crippen LogP contribution >= 0.6 is 0 Å². The van der Waals surface area contributed by atoms with Gasteiger partial charge in [0.15, 0.2) is 0 Å². The summed E-state index contributed by atoms with van der Waals surface area (Å²) in [4.78, 5) is 32.5. The van der Waals surface area contributed by atoms with E-state index in [-0.39, 0.29) is 17.7 Å². The molecule has 1 unspecified atom stereocenters. The minimum Gasteiger partial charge on any atom is -0.379 e. The molecule has 2 aliphatic rings. The molecule has 1 aromatic carbocycles. The summed E-state index contributed by atoms with van der Waals surface area (Å²) in [6.45, 7) is 4.21. The van der Waals surface area contributed by atoms with Crippen LogP contribution in [0.15, 0.2) is 30.5 Å². The minimum absolute atomic E-state index is 0.0691. The van der Waals surface area contributed by atoms with Gasteiger partial charge in [-0.25, -0.2) is 0 Å². The van der Waals surface area contributed by atoms with Gasteiger partial charge in [-0.05, 0) is 18.1 Å². The number of aromatic nitrogens is 1. The van der Waals surface area contributed by atoms with E-state index in [4.69, 9.17) is 9.47 Å². The Kier molecular flexibility index (Phi) is 5.92. The van der Waals surface area contributed by atoms with Crippen LogP contribution in [-0.4, -0.2) is 79.2 Å². The van der Waals surface area contributed by atoms with E-state index in [0.29, 0.717) is 65.4 Å². The molecular weight excluding hydrogens is 358 g/mol. The van der Waals surface area contributed by atoms with Gasteiger partial charge in [-0.3, -0.25) is 9.59 Å². The number of nitrogens with one attached hydrogen (secondary N) is 1. The number of benzene rings is 1. The van der Waals surface area contributed by atoms with Crippen molar-refractivity contribution < 1.29 is 19.1 Å². The second-order valence-electron chi connectivity index (χ2n) is 7.41. The highest BCUT2D eigenvalue weighted by atomic mass is 16.5. The lowest BCUT2D eigenvalue weighted by atomic mass is 10.1. The molecule has 0 saturated carbocycles. The van der Waals surface area contributed by atoms with E-state index in [0.717, 1.165) is 16.5 Å². The largest absolute Gasteiger partial charge is 0.379 e. The normalized spacial score (nSPS) is 20.9. The number of amides is 2. The first kappa shape index (κ1) is 19.0. The van der Waals surface area contributed by atoms with Crippen LogP contribution in [0.25, 0.3) is 10.9 Å². The van der Waals surface area contributed by atoms with Gasteiger partial charge >= 0.3 is 0 Å². The van der Waals surface area contributed by atoms with Crippen LogP contribution in [0.4, 0.5) is 0 Å². The molecule has 0 radical (unpaired) electrons.